The van der Waals surface area contributed by atoms with E-state index < -0.39 is 0 Å². The average molecular weight is 371 g/mol. The number of anilines is 1. The summed E-state index contributed by atoms with van der Waals surface area (Å²) in [5.41, 5.74) is 1.57. The zero-order valence-electron chi connectivity index (χ0n) is 15.0. The fraction of sp³-hybridized carbons (Fsp3) is 0.316. The number of aryl methyl sites for hydroxylation is 3. The first-order valence-electron chi connectivity index (χ1n) is 8.47. The molecule has 3 rings (SSSR count). The van der Waals surface area contributed by atoms with Crippen LogP contribution in [0.15, 0.2) is 35.4 Å². The van der Waals surface area contributed by atoms with Crippen LogP contribution in [0.2, 0.25) is 0 Å². The van der Waals surface area contributed by atoms with Gasteiger partial charge >= 0.3 is 0 Å². The molecule has 0 unspecified atom stereocenters. The van der Waals surface area contributed by atoms with Crippen LogP contribution in [0.25, 0.3) is 10.2 Å². The number of rotatable bonds is 6. The lowest BCUT2D eigenvalue weighted by Crippen LogP contribution is -2.23. The van der Waals surface area contributed by atoms with Crippen molar-refractivity contribution in [1.29, 1.82) is 0 Å². The van der Waals surface area contributed by atoms with Gasteiger partial charge in [-0.2, -0.15) is 0 Å². The van der Waals surface area contributed by atoms with Gasteiger partial charge in [0.25, 0.3) is 5.56 Å². The molecule has 1 aromatic carbocycles. The second-order valence-electron chi connectivity index (χ2n) is 5.96. The SMILES string of the molecule is CCOc1ccc(NC(=O)CCn2cnc3sc(C)c(C)c3c2=O)cc1. The predicted octanol–water partition coefficient (Wildman–Crippen LogP) is 3.50. The third-order valence-corrected chi connectivity index (χ3v) is 5.30. The van der Waals surface area contributed by atoms with Crippen LogP contribution < -0.4 is 15.6 Å². The fourth-order valence-electron chi connectivity index (χ4n) is 2.68. The Kier molecular flexibility index (Phi) is 5.37. The lowest BCUT2D eigenvalue weighted by Gasteiger charge is -2.08. The first-order chi connectivity index (χ1) is 12.5. The number of carbonyl (C=O) groups is 1. The number of thiophene rings is 1. The van der Waals surface area contributed by atoms with Crippen LogP contribution in [0.4, 0.5) is 5.69 Å². The van der Waals surface area contributed by atoms with Crippen molar-refractivity contribution in [3.63, 3.8) is 0 Å². The predicted molar refractivity (Wildman–Crippen MR) is 104 cm³/mol. The number of hydrogen-bond acceptors (Lipinski definition) is 5. The molecule has 6 nitrogen and oxygen atoms in total. The summed E-state index contributed by atoms with van der Waals surface area (Å²) in [6.07, 6.45) is 1.71. The second kappa shape index (κ2) is 7.70. The minimum atomic E-state index is -0.153. The van der Waals surface area contributed by atoms with Crippen LogP contribution in [-0.4, -0.2) is 22.1 Å². The van der Waals surface area contributed by atoms with Crippen molar-refractivity contribution in [2.45, 2.75) is 33.7 Å². The molecule has 0 aliphatic heterocycles. The molecule has 0 bridgehead atoms. The van der Waals surface area contributed by atoms with Gasteiger partial charge in [0, 0.05) is 23.5 Å². The molecule has 0 aliphatic carbocycles. The largest absolute Gasteiger partial charge is 0.494 e. The minimum Gasteiger partial charge on any atom is -0.494 e. The van der Waals surface area contributed by atoms with E-state index in [9.17, 15) is 9.59 Å². The van der Waals surface area contributed by atoms with Gasteiger partial charge in [0.2, 0.25) is 5.91 Å². The van der Waals surface area contributed by atoms with E-state index in [1.165, 1.54) is 22.2 Å². The van der Waals surface area contributed by atoms with Crippen LogP contribution in [0.3, 0.4) is 0 Å². The lowest BCUT2D eigenvalue weighted by atomic mass is 10.2. The number of aromatic nitrogens is 2. The fourth-order valence-corrected chi connectivity index (χ4v) is 3.66. The van der Waals surface area contributed by atoms with E-state index in [-0.39, 0.29) is 17.9 Å². The average Bonchev–Trinajstić information content (AvgIpc) is 2.91. The highest BCUT2D eigenvalue weighted by molar-refractivity contribution is 7.18. The highest BCUT2D eigenvalue weighted by Crippen LogP contribution is 2.25. The summed E-state index contributed by atoms with van der Waals surface area (Å²) in [6, 6.07) is 7.20. The van der Waals surface area contributed by atoms with Crippen LogP contribution in [0.1, 0.15) is 23.8 Å². The third kappa shape index (κ3) is 3.77. The van der Waals surface area contributed by atoms with Crippen LogP contribution in [0.5, 0.6) is 5.75 Å². The minimum absolute atomic E-state index is 0.0919. The van der Waals surface area contributed by atoms with Gasteiger partial charge in [-0.05, 0) is 50.6 Å². The molecule has 0 fully saturated rings. The van der Waals surface area contributed by atoms with Gasteiger partial charge in [-0.25, -0.2) is 4.98 Å². The highest BCUT2D eigenvalue weighted by atomic mass is 32.1. The van der Waals surface area contributed by atoms with Crippen LogP contribution >= 0.6 is 11.3 Å². The van der Waals surface area contributed by atoms with E-state index in [0.29, 0.717) is 24.2 Å². The normalized spacial score (nSPS) is 10.9. The molecular formula is C19H21N3O3S. The van der Waals surface area contributed by atoms with Gasteiger partial charge in [-0.3, -0.25) is 14.2 Å². The number of amides is 1. The Bertz CT molecular complexity index is 990. The van der Waals surface area contributed by atoms with Gasteiger partial charge in [0.05, 0.1) is 18.3 Å². The van der Waals surface area contributed by atoms with Gasteiger partial charge in [-0.1, -0.05) is 0 Å². The Hall–Kier alpha value is -2.67. The van der Waals surface area contributed by atoms with E-state index >= 15 is 0 Å². The zero-order valence-corrected chi connectivity index (χ0v) is 15.9. The zero-order chi connectivity index (χ0) is 18.7. The van der Waals surface area contributed by atoms with Crippen LogP contribution in [0, 0.1) is 13.8 Å². The molecule has 0 spiro atoms. The van der Waals surface area contributed by atoms with Gasteiger partial charge in [0.1, 0.15) is 10.6 Å². The summed E-state index contributed by atoms with van der Waals surface area (Å²) >= 11 is 1.52. The maximum atomic E-state index is 12.6. The summed E-state index contributed by atoms with van der Waals surface area (Å²) in [7, 11) is 0. The molecule has 0 saturated carbocycles. The Labute approximate surface area is 155 Å². The molecule has 136 valence electrons. The molecular weight excluding hydrogens is 350 g/mol. The topological polar surface area (TPSA) is 73.2 Å². The van der Waals surface area contributed by atoms with Crippen molar-refractivity contribution in [3.05, 3.63) is 51.4 Å². The number of nitrogens with zero attached hydrogens (tertiary/aromatic N) is 2. The van der Waals surface area contributed by atoms with Crippen molar-refractivity contribution in [3.8, 4) is 5.75 Å². The molecule has 3 aromatic rings. The Morgan fingerprint density at radius 3 is 2.69 bits per heavy atom. The molecule has 7 heteroatoms. The van der Waals surface area contributed by atoms with E-state index in [1.54, 1.807) is 12.1 Å². The van der Waals surface area contributed by atoms with Crippen molar-refractivity contribution >= 4 is 33.1 Å². The molecule has 2 aromatic heterocycles. The monoisotopic (exact) mass is 371 g/mol. The summed E-state index contributed by atoms with van der Waals surface area (Å²) in [5, 5.41) is 3.48. The number of ether oxygens (including phenoxy) is 1. The number of hydrogen-bond donors (Lipinski definition) is 1. The molecule has 0 radical (unpaired) electrons. The maximum absolute atomic E-state index is 12.6. The lowest BCUT2D eigenvalue weighted by molar-refractivity contribution is -0.116. The molecule has 26 heavy (non-hydrogen) atoms. The van der Waals surface area contributed by atoms with Crippen molar-refractivity contribution in [1.82, 2.24) is 9.55 Å². The summed E-state index contributed by atoms with van der Waals surface area (Å²) in [5.74, 6) is 0.609. The number of nitrogens with one attached hydrogen (secondary N) is 1. The maximum Gasteiger partial charge on any atom is 0.262 e. The molecule has 0 saturated heterocycles. The molecule has 2 heterocycles. The number of fused-ring (bicyclic) bond motifs is 1. The van der Waals surface area contributed by atoms with Crippen molar-refractivity contribution < 1.29 is 9.53 Å². The van der Waals surface area contributed by atoms with E-state index in [4.69, 9.17) is 4.74 Å². The van der Waals surface area contributed by atoms with Crippen molar-refractivity contribution in [2.75, 3.05) is 11.9 Å². The van der Waals surface area contributed by atoms with Gasteiger partial charge in [0.15, 0.2) is 0 Å². The first kappa shape index (κ1) is 18.1. The quantitative estimate of drug-likeness (QED) is 0.720. The summed E-state index contributed by atoms with van der Waals surface area (Å²) in [4.78, 5) is 31.0. The van der Waals surface area contributed by atoms with Gasteiger partial charge < -0.3 is 10.1 Å². The molecule has 0 atom stereocenters. The van der Waals surface area contributed by atoms with E-state index in [1.807, 2.05) is 32.9 Å². The summed E-state index contributed by atoms with van der Waals surface area (Å²) in [6.45, 7) is 6.72. The number of carbonyl (C=O) groups excluding carboxylic acids is 1. The first-order valence-corrected chi connectivity index (χ1v) is 9.29. The number of benzene rings is 1. The van der Waals surface area contributed by atoms with Crippen molar-refractivity contribution in [2.24, 2.45) is 0 Å². The van der Waals surface area contributed by atoms with E-state index in [0.717, 1.165) is 21.0 Å². The standard InChI is InChI=1S/C19H21N3O3S/c1-4-25-15-7-5-14(6-8-15)21-16(23)9-10-22-11-20-18-17(19(22)24)12(2)13(3)26-18/h5-8,11H,4,9-10H2,1-3H3,(H,21,23). The molecule has 1 amide bonds. The van der Waals surface area contributed by atoms with Crippen LogP contribution in [-0.2, 0) is 11.3 Å². The smallest absolute Gasteiger partial charge is 0.262 e. The third-order valence-electron chi connectivity index (χ3n) is 4.18. The molecule has 0 aliphatic rings. The summed E-state index contributed by atoms with van der Waals surface area (Å²) < 4.78 is 6.87. The Morgan fingerprint density at radius 2 is 2.00 bits per heavy atom. The Morgan fingerprint density at radius 1 is 1.27 bits per heavy atom. The molecule has 1 N–H and O–H groups in total. The van der Waals surface area contributed by atoms with E-state index in [2.05, 4.69) is 10.3 Å². The Balaban J connectivity index is 1.66. The highest BCUT2D eigenvalue weighted by Gasteiger charge is 2.12. The second-order valence-corrected chi connectivity index (χ2v) is 7.17. The van der Waals surface area contributed by atoms with Gasteiger partial charge in [-0.15, -0.1) is 11.3 Å².